The lowest BCUT2D eigenvalue weighted by atomic mass is 10.0. The number of nitrogens with one attached hydrogen (secondary N) is 1. The van der Waals surface area contributed by atoms with Gasteiger partial charge in [-0.15, -0.1) is 0 Å². The summed E-state index contributed by atoms with van der Waals surface area (Å²) in [5, 5.41) is 4.94. The molecule has 6 rings (SSSR count). The van der Waals surface area contributed by atoms with Gasteiger partial charge in [0.25, 0.3) is 0 Å². The second kappa shape index (κ2) is 10.6. The maximum Gasteiger partial charge on any atom is 0.174 e. The van der Waals surface area contributed by atoms with Gasteiger partial charge in [-0.1, -0.05) is 35.9 Å². The number of pyridine rings is 1. The summed E-state index contributed by atoms with van der Waals surface area (Å²) in [7, 11) is 0. The zero-order valence-corrected chi connectivity index (χ0v) is 23.2. The van der Waals surface area contributed by atoms with Crippen molar-refractivity contribution in [2.45, 2.75) is 25.9 Å². The van der Waals surface area contributed by atoms with Crippen LogP contribution < -0.4 is 15.0 Å². The topological polar surface area (TPSA) is 42.3 Å². The summed E-state index contributed by atoms with van der Waals surface area (Å²) in [6, 6.07) is 32.0. The Morgan fingerprint density at radius 2 is 1.62 bits per heavy atom. The van der Waals surface area contributed by atoms with E-state index in [0.29, 0.717) is 5.11 Å². The molecule has 2 atom stereocenters. The van der Waals surface area contributed by atoms with Gasteiger partial charge in [-0.2, -0.15) is 0 Å². The molecule has 2 aromatic heterocycles. The predicted octanol–water partition coefficient (Wildman–Crippen LogP) is 8.11. The number of para-hydroxylation sites is 1. The Kier molecular flexibility index (Phi) is 6.81. The zero-order valence-electron chi connectivity index (χ0n) is 21.6. The van der Waals surface area contributed by atoms with E-state index in [0.717, 1.165) is 50.4 Å². The summed E-state index contributed by atoms with van der Waals surface area (Å²) in [4.78, 5) is 6.85. The first kappa shape index (κ1) is 25.2. The number of hydrogen-bond acceptors (Lipinski definition) is 3. The van der Waals surface area contributed by atoms with Gasteiger partial charge in [0.05, 0.1) is 11.7 Å². The summed E-state index contributed by atoms with van der Waals surface area (Å²) in [6.45, 7) is 4.06. The van der Waals surface area contributed by atoms with E-state index in [-0.39, 0.29) is 12.1 Å². The molecule has 1 fully saturated rings. The van der Waals surface area contributed by atoms with Crippen LogP contribution in [0.25, 0.3) is 5.69 Å². The minimum absolute atomic E-state index is 0.149. The average Bonchev–Trinajstić information content (AvgIpc) is 3.57. The van der Waals surface area contributed by atoms with Gasteiger partial charge in [-0.25, -0.2) is 0 Å². The minimum Gasteiger partial charge on any atom is -0.457 e. The molecule has 5 aromatic rings. The van der Waals surface area contributed by atoms with Gasteiger partial charge in [0.15, 0.2) is 5.11 Å². The lowest BCUT2D eigenvalue weighted by Gasteiger charge is -2.29. The molecule has 1 N–H and O–H groups in total. The van der Waals surface area contributed by atoms with Crippen molar-refractivity contribution in [3.8, 4) is 17.2 Å². The fourth-order valence-corrected chi connectivity index (χ4v) is 5.52. The second-order valence-corrected chi connectivity index (χ2v) is 10.4. The van der Waals surface area contributed by atoms with Gasteiger partial charge < -0.3 is 19.5 Å². The third-order valence-electron chi connectivity index (χ3n) is 7.04. The Hall–Kier alpha value is -4.13. The van der Waals surface area contributed by atoms with E-state index < -0.39 is 0 Å². The average molecular weight is 551 g/mol. The summed E-state index contributed by atoms with van der Waals surface area (Å²) in [5.41, 5.74) is 6.12. The molecule has 0 radical (unpaired) electrons. The number of ether oxygens (including phenoxy) is 1. The molecular weight excluding hydrogens is 524 g/mol. The first-order valence-electron chi connectivity index (χ1n) is 12.8. The van der Waals surface area contributed by atoms with Crippen molar-refractivity contribution in [3.63, 3.8) is 0 Å². The molecular formula is C32H27ClN4OS. The Balaban J connectivity index is 1.40. The molecule has 1 aliphatic heterocycles. The number of thiocarbonyl (C=S) groups is 1. The van der Waals surface area contributed by atoms with Crippen LogP contribution in [-0.4, -0.2) is 14.7 Å². The monoisotopic (exact) mass is 550 g/mol. The second-order valence-electron chi connectivity index (χ2n) is 9.59. The van der Waals surface area contributed by atoms with E-state index in [4.69, 9.17) is 28.6 Å². The van der Waals surface area contributed by atoms with E-state index in [1.165, 1.54) is 0 Å². The predicted molar refractivity (Wildman–Crippen MR) is 161 cm³/mol. The molecule has 3 heterocycles. The molecule has 3 aromatic carbocycles. The standard InChI is InChI=1S/C32H27ClN4OS/c1-21-8-3-4-11-29(21)38-25-15-12-23(13-16-25)37-31(30(35-32(37)39)27-9-5-6-18-34-27)28-10-7-19-36(28)24-14-17-26(33)22(2)20-24/h3-20,30-31H,1-2H3,(H,35,39)/t30-,31-/m1/s1. The molecule has 0 amide bonds. The molecule has 0 spiro atoms. The Labute approximate surface area is 238 Å². The highest BCUT2D eigenvalue weighted by Gasteiger charge is 2.42. The summed E-state index contributed by atoms with van der Waals surface area (Å²) < 4.78 is 8.35. The van der Waals surface area contributed by atoms with Crippen molar-refractivity contribution < 1.29 is 4.74 Å². The maximum absolute atomic E-state index is 6.34. The van der Waals surface area contributed by atoms with E-state index in [1.54, 1.807) is 0 Å². The number of aryl methyl sites for hydroxylation is 2. The molecule has 1 saturated heterocycles. The Bertz CT molecular complexity index is 1630. The quantitative estimate of drug-likeness (QED) is 0.216. The normalized spacial score (nSPS) is 16.8. The van der Waals surface area contributed by atoms with Crippen molar-refractivity contribution >= 4 is 34.6 Å². The maximum atomic E-state index is 6.34. The molecule has 0 aliphatic carbocycles. The van der Waals surface area contributed by atoms with Crippen LogP contribution in [0.2, 0.25) is 5.02 Å². The summed E-state index contributed by atoms with van der Waals surface area (Å²) >= 11 is 12.3. The highest BCUT2D eigenvalue weighted by atomic mass is 35.5. The zero-order chi connectivity index (χ0) is 26.9. The first-order valence-corrected chi connectivity index (χ1v) is 13.6. The fraction of sp³-hybridized carbons (Fsp3) is 0.125. The molecule has 5 nitrogen and oxygen atoms in total. The minimum atomic E-state index is -0.151. The van der Waals surface area contributed by atoms with Crippen molar-refractivity contribution in [1.29, 1.82) is 0 Å². The third kappa shape index (κ3) is 4.89. The van der Waals surface area contributed by atoms with Crippen molar-refractivity contribution in [2.24, 2.45) is 0 Å². The Morgan fingerprint density at radius 1 is 0.846 bits per heavy atom. The van der Waals surface area contributed by atoms with Crippen LogP contribution in [0.3, 0.4) is 0 Å². The van der Waals surface area contributed by atoms with E-state index in [1.807, 2.05) is 86.8 Å². The smallest absolute Gasteiger partial charge is 0.174 e. The molecule has 1 aliphatic rings. The molecule has 0 unspecified atom stereocenters. The highest BCUT2D eigenvalue weighted by Crippen LogP contribution is 2.43. The van der Waals surface area contributed by atoms with Crippen LogP contribution in [0.4, 0.5) is 5.69 Å². The van der Waals surface area contributed by atoms with Crippen LogP contribution in [0.5, 0.6) is 11.5 Å². The number of rotatable bonds is 6. The van der Waals surface area contributed by atoms with Gasteiger partial charge in [-0.05, 0) is 110 Å². The third-order valence-corrected chi connectivity index (χ3v) is 7.78. The van der Waals surface area contributed by atoms with Crippen LogP contribution in [0.15, 0.2) is 109 Å². The lowest BCUT2D eigenvalue weighted by molar-refractivity contribution is 0.479. The number of nitrogens with zero attached hydrogens (tertiary/aromatic N) is 3. The number of benzene rings is 3. The van der Waals surface area contributed by atoms with Crippen LogP contribution in [0.1, 0.15) is 34.6 Å². The lowest BCUT2D eigenvalue weighted by Crippen LogP contribution is -2.30. The number of anilines is 1. The van der Waals surface area contributed by atoms with Crippen molar-refractivity contribution in [3.05, 3.63) is 137 Å². The van der Waals surface area contributed by atoms with Crippen LogP contribution in [-0.2, 0) is 0 Å². The number of hydrogen-bond donors (Lipinski definition) is 1. The largest absolute Gasteiger partial charge is 0.457 e. The van der Waals surface area contributed by atoms with Gasteiger partial charge in [-0.3, -0.25) is 4.98 Å². The van der Waals surface area contributed by atoms with Crippen LogP contribution >= 0.6 is 23.8 Å². The van der Waals surface area contributed by atoms with Crippen molar-refractivity contribution in [2.75, 3.05) is 4.90 Å². The van der Waals surface area contributed by atoms with Gasteiger partial charge in [0, 0.05) is 34.5 Å². The van der Waals surface area contributed by atoms with Gasteiger partial charge >= 0.3 is 0 Å². The molecule has 194 valence electrons. The van der Waals surface area contributed by atoms with Gasteiger partial charge in [0.2, 0.25) is 0 Å². The molecule has 0 saturated carbocycles. The van der Waals surface area contributed by atoms with Gasteiger partial charge in [0.1, 0.15) is 17.5 Å². The van der Waals surface area contributed by atoms with E-state index in [9.17, 15) is 0 Å². The number of aromatic nitrogens is 2. The van der Waals surface area contributed by atoms with Crippen molar-refractivity contribution in [1.82, 2.24) is 14.9 Å². The first-order chi connectivity index (χ1) is 19.0. The Morgan fingerprint density at radius 3 is 2.36 bits per heavy atom. The summed E-state index contributed by atoms with van der Waals surface area (Å²) in [5.74, 6) is 1.61. The van der Waals surface area contributed by atoms with E-state index in [2.05, 4.69) is 56.3 Å². The SMILES string of the molecule is Cc1cc(-n2cccc2[C@@H]2[C@@H](c3ccccn3)NC(=S)N2c2ccc(Oc3ccccc3C)cc2)ccc1Cl. The fourth-order valence-electron chi connectivity index (χ4n) is 5.06. The highest BCUT2D eigenvalue weighted by molar-refractivity contribution is 7.80. The molecule has 0 bridgehead atoms. The van der Waals surface area contributed by atoms with E-state index >= 15 is 0 Å². The summed E-state index contributed by atoms with van der Waals surface area (Å²) in [6.07, 6.45) is 3.89. The molecule has 7 heteroatoms. The van der Waals surface area contributed by atoms with Crippen LogP contribution in [0, 0.1) is 13.8 Å². The number of halogens is 1. The molecule has 39 heavy (non-hydrogen) atoms.